The third kappa shape index (κ3) is 18.7. The van der Waals surface area contributed by atoms with Crippen LogP contribution in [0, 0.1) is 0 Å². The molecule has 0 saturated carbocycles. The number of nitrogens with zero attached hydrogens (tertiary/aromatic N) is 2. The Morgan fingerprint density at radius 3 is 1.28 bits per heavy atom. The van der Waals surface area contributed by atoms with Crippen molar-refractivity contribution < 1.29 is 61.9 Å². The molecule has 0 aliphatic carbocycles. The molecule has 0 spiro atoms. The number of alkyl carbamates (subject to hydrolysis) is 1. The van der Waals surface area contributed by atoms with Gasteiger partial charge in [-0.3, -0.25) is 29.0 Å². The van der Waals surface area contributed by atoms with E-state index in [4.69, 9.17) is 33.2 Å². The molecule has 5 amide bonds. The second-order valence-corrected chi connectivity index (χ2v) is 15.5. The van der Waals surface area contributed by atoms with Crippen LogP contribution in [0.2, 0.25) is 0 Å². The lowest BCUT2D eigenvalue weighted by Crippen LogP contribution is -2.68. The lowest BCUT2D eigenvalue weighted by molar-refractivity contribution is -0.157. The number of para-hydroxylation sites is 4. The first-order chi connectivity index (χ1) is 29.3. The van der Waals surface area contributed by atoms with Crippen molar-refractivity contribution in [1.82, 2.24) is 15.1 Å². The summed E-state index contributed by atoms with van der Waals surface area (Å²) in [6.07, 6.45) is 12.3. The van der Waals surface area contributed by atoms with Crippen LogP contribution < -0.4 is 24.3 Å². The zero-order valence-electron chi connectivity index (χ0n) is 36.5. The van der Waals surface area contributed by atoms with Gasteiger partial charge in [0.1, 0.15) is 45.1 Å². The average molecular weight is 856 g/mol. The van der Waals surface area contributed by atoms with Gasteiger partial charge in [0.15, 0.2) is 29.0 Å². The second kappa shape index (κ2) is 27.3. The van der Waals surface area contributed by atoms with Crippen molar-refractivity contribution in [3.8, 4) is 23.0 Å². The SMILES string of the molecule is CCCCCCCCOc1ccccc1OCCOC(=O)CN1C(=O)C(NC(=O)OC(C)(C)C)C(=O)N(CC(=O)OCCOc2ccccc2OCCCCCCCC)C1=O. The monoisotopic (exact) mass is 855 g/mol. The van der Waals surface area contributed by atoms with E-state index >= 15 is 0 Å². The zero-order valence-corrected chi connectivity index (χ0v) is 36.5. The van der Waals surface area contributed by atoms with Crippen LogP contribution in [0.1, 0.15) is 112 Å². The van der Waals surface area contributed by atoms with Crippen molar-refractivity contribution in [1.29, 1.82) is 0 Å². The number of carbonyl (C=O) groups is 6. The molecule has 0 radical (unpaired) electrons. The normalized spacial score (nSPS) is 13.2. The molecule has 1 fully saturated rings. The van der Waals surface area contributed by atoms with E-state index in [1.165, 1.54) is 38.5 Å². The number of esters is 2. The number of hydrogen-bond acceptors (Lipinski definition) is 13. The van der Waals surface area contributed by atoms with Crippen LogP contribution in [-0.4, -0.2) is 110 Å². The summed E-state index contributed by atoms with van der Waals surface area (Å²) >= 11 is 0. The first-order valence-electron chi connectivity index (χ1n) is 21.5. The molecule has 1 N–H and O–H groups in total. The van der Waals surface area contributed by atoms with Gasteiger partial charge in [-0.15, -0.1) is 0 Å². The Kier molecular flexibility index (Phi) is 22.3. The first kappa shape index (κ1) is 49.8. The van der Waals surface area contributed by atoms with Gasteiger partial charge in [-0.25, -0.2) is 9.59 Å². The standard InChI is InChI=1S/C45H65N3O13/c1-6-8-10-12-14-20-26-55-34-22-16-18-24-36(34)57-28-30-59-38(49)32-47-41(51)40(46-43(53)61-45(3,4)5)42(52)48(44(47)54)33-39(50)60-31-29-58-37-25-19-17-23-35(37)56-27-21-15-13-11-9-7-2/h16-19,22-25,40H,6-15,20-21,26-33H2,1-5H3,(H,46,53). The number of urea groups is 1. The maximum atomic E-state index is 13.5. The fourth-order valence-electron chi connectivity index (χ4n) is 6.06. The third-order valence-corrected chi connectivity index (χ3v) is 9.14. The topological polar surface area (TPSA) is 186 Å². The molecular weight excluding hydrogens is 791 g/mol. The Hall–Kier alpha value is -5.54. The summed E-state index contributed by atoms with van der Waals surface area (Å²) in [5, 5.41) is 2.15. The van der Waals surface area contributed by atoms with E-state index in [2.05, 4.69) is 19.2 Å². The van der Waals surface area contributed by atoms with Crippen LogP contribution >= 0.6 is 0 Å². The largest absolute Gasteiger partial charge is 0.490 e. The predicted octanol–water partition coefficient (Wildman–Crippen LogP) is 7.39. The van der Waals surface area contributed by atoms with E-state index < -0.39 is 60.6 Å². The lowest BCUT2D eigenvalue weighted by atomic mass is 10.1. The smallest absolute Gasteiger partial charge is 0.408 e. The van der Waals surface area contributed by atoms with Gasteiger partial charge in [-0.2, -0.15) is 0 Å². The number of benzene rings is 2. The number of rotatable bonds is 29. The van der Waals surface area contributed by atoms with Crippen LogP contribution in [0.5, 0.6) is 23.0 Å². The number of unbranched alkanes of at least 4 members (excludes halogenated alkanes) is 10. The lowest BCUT2D eigenvalue weighted by Gasteiger charge is -2.36. The number of amides is 5. The fraction of sp³-hybridized carbons (Fsp3) is 0.600. The van der Waals surface area contributed by atoms with Crippen LogP contribution in [0.15, 0.2) is 48.5 Å². The van der Waals surface area contributed by atoms with Gasteiger partial charge in [0, 0.05) is 0 Å². The van der Waals surface area contributed by atoms with E-state index in [1.54, 1.807) is 57.2 Å². The Morgan fingerprint density at radius 2 is 0.902 bits per heavy atom. The fourth-order valence-corrected chi connectivity index (χ4v) is 6.06. The maximum Gasteiger partial charge on any atom is 0.408 e. The van der Waals surface area contributed by atoms with Gasteiger partial charge in [-0.05, 0) is 57.9 Å². The zero-order chi connectivity index (χ0) is 44.5. The number of carbonyl (C=O) groups excluding carboxylic acids is 6. The van der Waals surface area contributed by atoms with E-state index in [0.717, 1.165) is 38.5 Å². The van der Waals surface area contributed by atoms with Crippen molar-refractivity contribution in [2.45, 2.75) is 123 Å². The van der Waals surface area contributed by atoms with E-state index in [0.29, 0.717) is 46.0 Å². The summed E-state index contributed by atoms with van der Waals surface area (Å²) in [6.45, 7) is 7.58. The molecule has 1 aliphatic heterocycles. The molecule has 16 heteroatoms. The van der Waals surface area contributed by atoms with E-state index in [-0.39, 0.29) is 26.4 Å². The molecule has 0 atom stereocenters. The predicted molar refractivity (Wildman–Crippen MR) is 226 cm³/mol. The molecule has 338 valence electrons. The van der Waals surface area contributed by atoms with Gasteiger partial charge in [0.25, 0.3) is 11.8 Å². The first-order valence-corrected chi connectivity index (χ1v) is 21.5. The maximum absolute atomic E-state index is 13.5. The highest BCUT2D eigenvalue weighted by Gasteiger charge is 2.48. The number of hydrogen-bond donors (Lipinski definition) is 1. The molecule has 1 heterocycles. The highest BCUT2D eigenvalue weighted by atomic mass is 16.6. The number of barbiturate groups is 1. The summed E-state index contributed by atoms with van der Waals surface area (Å²) in [4.78, 5) is 79.7. The summed E-state index contributed by atoms with van der Waals surface area (Å²) in [6, 6.07) is 10.9. The molecule has 0 unspecified atom stereocenters. The van der Waals surface area contributed by atoms with Crippen molar-refractivity contribution in [3.05, 3.63) is 48.5 Å². The number of ether oxygens (including phenoxy) is 7. The second-order valence-electron chi connectivity index (χ2n) is 15.5. The summed E-state index contributed by atoms with van der Waals surface area (Å²) in [7, 11) is 0. The molecule has 0 aromatic heterocycles. The highest BCUT2D eigenvalue weighted by Crippen LogP contribution is 2.28. The molecule has 0 bridgehead atoms. The summed E-state index contributed by atoms with van der Waals surface area (Å²) in [5.41, 5.74) is -1.00. The Bertz CT molecular complexity index is 1590. The van der Waals surface area contributed by atoms with Crippen molar-refractivity contribution >= 4 is 35.9 Å². The molecule has 3 rings (SSSR count). The van der Waals surface area contributed by atoms with Crippen molar-refractivity contribution in [2.24, 2.45) is 0 Å². The molecule has 1 saturated heterocycles. The third-order valence-electron chi connectivity index (χ3n) is 9.14. The minimum Gasteiger partial charge on any atom is -0.490 e. The molecule has 16 nitrogen and oxygen atoms in total. The number of imide groups is 2. The van der Waals surface area contributed by atoms with Crippen molar-refractivity contribution in [2.75, 3.05) is 52.7 Å². The van der Waals surface area contributed by atoms with E-state index in [9.17, 15) is 28.8 Å². The Balaban J connectivity index is 1.55. The minimum atomic E-state index is -2.00. The van der Waals surface area contributed by atoms with Crippen LogP contribution in [0.3, 0.4) is 0 Å². The summed E-state index contributed by atoms with van der Waals surface area (Å²) < 4.78 is 39.1. The highest BCUT2D eigenvalue weighted by molar-refractivity contribution is 6.21. The Morgan fingerprint density at radius 1 is 0.541 bits per heavy atom. The molecular formula is C45H65N3O13. The molecule has 2 aromatic carbocycles. The van der Waals surface area contributed by atoms with E-state index in [1.807, 2.05) is 12.1 Å². The van der Waals surface area contributed by atoms with Crippen LogP contribution in [-0.2, 0) is 33.4 Å². The van der Waals surface area contributed by atoms with Gasteiger partial charge in [-0.1, -0.05) is 102 Å². The van der Waals surface area contributed by atoms with Crippen LogP contribution in [0.25, 0.3) is 0 Å². The van der Waals surface area contributed by atoms with Gasteiger partial charge < -0.3 is 38.5 Å². The van der Waals surface area contributed by atoms with Gasteiger partial charge >= 0.3 is 24.1 Å². The van der Waals surface area contributed by atoms with Gasteiger partial charge in [0.2, 0.25) is 0 Å². The van der Waals surface area contributed by atoms with Gasteiger partial charge in [0.05, 0.1) is 13.2 Å². The summed E-state index contributed by atoms with van der Waals surface area (Å²) in [5.74, 6) is -2.49. The molecule has 2 aromatic rings. The molecule has 61 heavy (non-hydrogen) atoms. The Labute approximate surface area is 359 Å². The number of nitrogens with one attached hydrogen (secondary N) is 1. The quantitative estimate of drug-likeness (QED) is 0.0370. The molecule has 1 aliphatic rings. The minimum absolute atomic E-state index is 0.0776. The van der Waals surface area contributed by atoms with Crippen LogP contribution in [0.4, 0.5) is 9.59 Å². The van der Waals surface area contributed by atoms with Crippen molar-refractivity contribution in [3.63, 3.8) is 0 Å². The average Bonchev–Trinajstić information content (AvgIpc) is 3.22.